The summed E-state index contributed by atoms with van der Waals surface area (Å²) in [6, 6.07) is -0.795. The van der Waals surface area contributed by atoms with E-state index in [1.54, 1.807) is 0 Å². The molecule has 5 heteroatoms. The van der Waals surface area contributed by atoms with Crippen LogP contribution in [0.2, 0.25) is 0 Å². The molecule has 2 atom stereocenters. The van der Waals surface area contributed by atoms with Crippen molar-refractivity contribution in [1.29, 1.82) is 0 Å². The van der Waals surface area contributed by atoms with Gasteiger partial charge in [0.05, 0.1) is 0 Å². The van der Waals surface area contributed by atoms with Crippen LogP contribution < -0.4 is 5.73 Å². The molecule has 0 radical (unpaired) electrons. The molecule has 0 saturated carbocycles. The summed E-state index contributed by atoms with van der Waals surface area (Å²) >= 11 is 0. The van der Waals surface area contributed by atoms with Gasteiger partial charge in [0.25, 0.3) is 0 Å². The fourth-order valence-electron chi connectivity index (χ4n) is 0.973. The molecule has 1 aliphatic rings. The van der Waals surface area contributed by atoms with Crippen LogP contribution in [0, 0.1) is 0 Å². The summed E-state index contributed by atoms with van der Waals surface area (Å²) in [5, 5.41) is 8.58. The number of esters is 1. The van der Waals surface area contributed by atoms with Crippen molar-refractivity contribution in [2.75, 3.05) is 0 Å². The Hall–Kier alpha value is -1.10. The summed E-state index contributed by atoms with van der Waals surface area (Å²) < 4.78 is 4.56. The Morgan fingerprint density at radius 1 is 1.91 bits per heavy atom. The quantitative estimate of drug-likeness (QED) is 0.484. The predicted octanol–water partition coefficient (Wildman–Crippen LogP) is -0.896. The molecule has 0 aromatic heterocycles. The number of hydrogen-bond acceptors (Lipinski definition) is 4. The molecule has 1 saturated heterocycles. The second kappa shape index (κ2) is 2.20. The number of carboxylic acid groups (broad SMARTS) is 1. The van der Waals surface area contributed by atoms with Gasteiger partial charge in [0.1, 0.15) is 6.04 Å². The lowest BCUT2D eigenvalue weighted by Crippen LogP contribution is -2.35. The molecule has 62 valence electrons. The molecular weight excluding hydrogens is 150 g/mol. The van der Waals surface area contributed by atoms with Crippen molar-refractivity contribution < 1.29 is 19.4 Å². The monoisotopic (exact) mass is 159 g/mol. The average molecular weight is 159 g/mol. The van der Waals surface area contributed by atoms with Gasteiger partial charge in [-0.25, -0.2) is 4.79 Å². The Morgan fingerprint density at radius 3 is 2.64 bits per heavy atom. The predicted molar refractivity (Wildman–Crippen MR) is 34.7 cm³/mol. The first-order valence-corrected chi connectivity index (χ1v) is 3.17. The van der Waals surface area contributed by atoms with Gasteiger partial charge in [0, 0.05) is 6.42 Å². The van der Waals surface area contributed by atoms with Gasteiger partial charge in [-0.05, 0) is 6.92 Å². The van der Waals surface area contributed by atoms with Gasteiger partial charge in [-0.1, -0.05) is 0 Å². The zero-order chi connectivity index (χ0) is 8.65. The minimum absolute atomic E-state index is 0.0428. The van der Waals surface area contributed by atoms with Crippen molar-refractivity contribution in [3.05, 3.63) is 0 Å². The molecule has 11 heavy (non-hydrogen) atoms. The number of hydrogen-bond donors (Lipinski definition) is 2. The summed E-state index contributed by atoms with van der Waals surface area (Å²) in [6.45, 7) is 1.33. The third kappa shape index (κ3) is 1.19. The molecule has 1 rings (SSSR count). The van der Waals surface area contributed by atoms with Crippen LogP contribution in [0.4, 0.5) is 0 Å². The fourth-order valence-corrected chi connectivity index (χ4v) is 0.973. The molecule has 5 nitrogen and oxygen atoms in total. The molecule has 0 aromatic rings. The molecule has 0 bridgehead atoms. The van der Waals surface area contributed by atoms with Crippen LogP contribution in [-0.4, -0.2) is 28.7 Å². The van der Waals surface area contributed by atoms with E-state index in [-0.39, 0.29) is 6.42 Å². The van der Waals surface area contributed by atoms with E-state index in [0.717, 1.165) is 0 Å². The van der Waals surface area contributed by atoms with E-state index in [1.807, 2.05) is 0 Å². The first-order valence-electron chi connectivity index (χ1n) is 3.17. The van der Waals surface area contributed by atoms with Gasteiger partial charge in [-0.3, -0.25) is 4.79 Å². The summed E-state index contributed by atoms with van der Waals surface area (Å²) in [5.41, 5.74) is 3.83. The lowest BCUT2D eigenvalue weighted by Gasteiger charge is -2.15. The van der Waals surface area contributed by atoms with Gasteiger partial charge in [0.2, 0.25) is 5.60 Å². The Morgan fingerprint density at radius 2 is 2.45 bits per heavy atom. The number of ether oxygens (including phenoxy) is 1. The topological polar surface area (TPSA) is 89.6 Å². The Balaban J connectivity index is 2.79. The van der Waals surface area contributed by atoms with Crippen molar-refractivity contribution >= 4 is 11.9 Å². The Kier molecular flexibility index (Phi) is 1.60. The lowest BCUT2D eigenvalue weighted by molar-refractivity contribution is -0.167. The second-order valence-corrected chi connectivity index (χ2v) is 2.77. The smallest absolute Gasteiger partial charge is 0.347 e. The first-order chi connectivity index (χ1) is 4.96. The highest BCUT2D eigenvalue weighted by Crippen LogP contribution is 2.25. The van der Waals surface area contributed by atoms with E-state index in [4.69, 9.17) is 10.8 Å². The van der Waals surface area contributed by atoms with Gasteiger partial charge in [-0.15, -0.1) is 0 Å². The number of nitrogens with two attached hydrogens (primary N) is 1. The van der Waals surface area contributed by atoms with Crippen LogP contribution in [0.25, 0.3) is 0 Å². The molecular formula is C6H9NO4. The Bertz CT molecular complexity index is 213. The molecule has 1 aliphatic heterocycles. The molecule has 3 N–H and O–H groups in total. The van der Waals surface area contributed by atoms with Gasteiger partial charge in [-0.2, -0.15) is 0 Å². The molecule has 1 heterocycles. The van der Waals surface area contributed by atoms with E-state index in [2.05, 4.69) is 4.74 Å². The van der Waals surface area contributed by atoms with Gasteiger partial charge >= 0.3 is 11.9 Å². The minimum atomic E-state index is -1.42. The highest BCUT2D eigenvalue weighted by molar-refractivity contribution is 5.88. The third-order valence-electron chi connectivity index (χ3n) is 1.69. The SMILES string of the molecule is C[C@]1(C(=O)O)C[C@H](N)C(=O)O1. The van der Waals surface area contributed by atoms with Crippen molar-refractivity contribution in [2.45, 2.75) is 25.0 Å². The number of cyclic esters (lactones) is 1. The van der Waals surface area contributed by atoms with Crippen LogP contribution in [-0.2, 0) is 14.3 Å². The molecule has 0 spiro atoms. The molecule has 0 amide bonds. The maximum atomic E-state index is 10.7. The summed E-state index contributed by atoms with van der Waals surface area (Å²) in [4.78, 5) is 21.2. The first kappa shape index (κ1) is 8.00. The van der Waals surface area contributed by atoms with E-state index < -0.39 is 23.6 Å². The van der Waals surface area contributed by atoms with Gasteiger partial charge in [0.15, 0.2) is 0 Å². The summed E-state index contributed by atoms with van der Waals surface area (Å²) in [7, 11) is 0. The highest BCUT2D eigenvalue weighted by atomic mass is 16.6. The van der Waals surface area contributed by atoms with E-state index >= 15 is 0 Å². The van der Waals surface area contributed by atoms with Crippen LogP contribution >= 0.6 is 0 Å². The maximum absolute atomic E-state index is 10.7. The van der Waals surface area contributed by atoms with Crippen molar-refractivity contribution in [1.82, 2.24) is 0 Å². The van der Waals surface area contributed by atoms with E-state index in [1.165, 1.54) is 6.92 Å². The minimum Gasteiger partial charge on any atom is -0.478 e. The summed E-state index contributed by atoms with van der Waals surface area (Å²) in [6.07, 6.45) is 0.0428. The number of aliphatic carboxylic acids is 1. The third-order valence-corrected chi connectivity index (χ3v) is 1.69. The van der Waals surface area contributed by atoms with Crippen LogP contribution in [0.1, 0.15) is 13.3 Å². The second-order valence-electron chi connectivity index (χ2n) is 2.77. The fraction of sp³-hybridized carbons (Fsp3) is 0.667. The maximum Gasteiger partial charge on any atom is 0.347 e. The van der Waals surface area contributed by atoms with Crippen molar-refractivity contribution in [3.63, 3.8) is 0 Å². The van der Waals surface area contributed by atoms with Crippen molar-refractivity contribution in [3.8, 4) is 0 Å². The standard InChI is InChI=1S/C6H9NO4/c1-6(5(9)10)2-3(7)4(8)11-6/h3H,2,7H2,1H3,(H,9,10)/t3-,6+/m0/s1. The number of carboxylic acids is 1. The van der Waals surface area contributed by atoms with Crippen LogP contribution in [0.15, 0.2) is 0 Å². The molecule has 0 unspecified atom stereocenters. The number of carbonyl (C=O) groups is 2. The largest absolute Gasteiger partial charge is 0.478 e. The molecule has 1 fully saturated rings. The number of rotatable bonds is 1. The lowest BCUT2D eigenvalue weighted by atomic mass is 10.0. The van der Waals surface area contributed by atoms with Gasteiger partial charge < -0.3 is 15.6 Å². The average Bonchev–Trinajstić information content (AvgIpc) is 2.09. The zero-order valence-corrected chi connectivity index (χ0v) is 6.03. The summed E-state index contributed by atoms with van der Waals surface area (Å²) in [5.74, 6) is -1.80. The zero-order valence-electron chi connectivity index (χ0n) is 6.03. The molecule has 0 aromatic carbocycles. The van der Waals surface area contributed by atoms with Crippen LogP contribution in [0.3, 0.4) is 0 Å². The highest BCUT2D eigenvalue weighted by Gasteiger charge is 2.47. The van der Waals surface area contributed by atoms with Crippen molar-refractivity contribution in [2.24, 2.45) is 5.73 Å². The van der Waals surface area contributed by atoms with Crippen LogP contribution in [0.5, 0.6) is 0 Å². The normalized spacial score (nSPS) is 36.9. The number of carbonyl (C=O) groups excluding carboxylic acids is 1. The molecule has 0 aliphatic carbocycles. The van der Waals surface area contributed by atoms with E-state index in [9.17, 15) is 9.59 Å². The van der Waals surface area contributed by atoms with E-state index in [0.29, 0.717) is 0 Å². The Labute approximate surface area is 63.1 Å².